The third kappa shape index (κ3) is 4.44. The molecule has 0 heterocycles. The molecule has 0 fully saturated rings. The highest BCUT2D eigenvalue weighted by Crippen LogP contribution is 2.15. The Morgan fingerprint density at radius 2 is 2.28 bits per heavy atom. The molecular weight excluding hydrogens is 235 g/mol. The van der Waals surface area contributed by atoms with E-state index in [1.807, 2.05) is 0 Å². The molecule has 0 unspecified atom stereocenters. The van der Waals surface area contributed by atoms with E-state index in [0.29, 0.717) is 18.5 Å². The van der Waals surface area contributed by atoms with Gasteiger partial charge >= 0.3 is 6.03 Å². The van der Waals surface area contributed by atoms with Crippen LogP contribution in [0.4, 0.5) is 14.9 Å². The predicted octanol–water partition coefficient (Wildman–Crippen LogP) is 1.70. The van der Waals surface area contributed by atoms with Gasteiger partial charge in [-0.05, 0) is 25.1 Å². The minimum absolute atomic E-state index is 0.0215. The number of aliphatic hydroxyl groups is 1. The summed E-state index contributed by atoms with van der Waals surface area (Å²) in [4.78, 5) is 11.2. The van der Waals surface area contributed by atoms with Gasteiger partial charge in [0.05, 0.1) is 12.3 Å². The van der Waals surface area contributed by atoms with Crippen LogP contribution in [0.2, 0.25) is 0 Å². The van der Waals surface area contributed by atoms with Gasteiger partial charge in [-0.15, -0.1) is 0 Å². The molecule has 4 nitrogen and oxygen atoms in total. The van der Waals surface area contributed by atoms with Crippen LogP contribution in [0.15, 0.2) is 18.2 Å². The first-order chi connectivity index (χ1) is 8.67. The Balaban J connectivity index is 2.74. The highest BCUT2D eigenvalue weighted by atomic mass is 19.1. The molecule has 0 aliphatic heterocycles. The highest BCUT2D eigenvalue weighted by Gasteiger charge is 2.05. The van der Waals surface area contributed by atoms with Crippen molar-refractivity contribution in [2.75, 3.05) is 18.5 Å². The van der Waals surface area contributed by atoms with E-state index < -0.39 is 11.8 Å². The standard InChI is InChI=1S/C13H15FN2O2/c1-2-15-13(18)16-12-7-6-10(9-11(12)14)5-3-4-8-17/h6-7,9,17H,2,4,8H2,1H3,(H2,15,16,18). The number of anilines is 1. The van der Waals surface area contributed by atoms with E-state index in [4.69, 9.17) is 5.11 Å². The minimum Gasteiger partial charge on any atom is -0.395 e. The van der Waals surface area contributed by atoms with E-state index in [2.05, 4.69) is 22.5 Å². The second kappa shape index (κ2) is 7.30. The molecule has 0 aliphatic rings. The molecule has 0 aromatic heterocycles. The van der Waals surface area contributed by atoms with E-state index >= 15 is 0 Å². The maximum atomic E-state index is 13.6. The van der Waals surface area contributed by atoms with Crippen molar-refractivity contribution < 1.29 is 14.3 Å². The SMILES string of the molecule is CCNC(=O)Nc1ccc(C#CCCO)cc1F. The van der Waals surface area contributed by atoms with Gasteiger partial charge in [-0.25, -0.2) is 9.18 Å². The molecule has 0 atom stereocenters. The number of benzene rings is 1. The number of hydrogen-bond acceptors (Lipinski definition) is 2. The summed E-state index contributed by atoms with van der Waals surface area (Å²) in [5.41, 5.74) is 0.607. The van der Waals surface area contributed by atoms with Crippen LogP contribution in [0.25, 0.3) is 0 Å². The van der Waals surface area contributed by atoms with E-state index in [9.17, 15) is 9.18 Å². The number of amides is 2. The zero-order valence-electron chi connectivity index (χ0n) is 10.1. The molecule has 96 valence electrons. The normalized spacial score (nSPS) is 9.28. The predicted molar refractivity (Wildman–Crippen MR) is 67.7 cm³/mol. The van der Waals surface area contributed by atoms with Crippen molar-refractivity contribution in [1.29, 1.82) is 0 Å². The topological polar surface area (TPSA) is 61.4 Å². The number of rotatable bonds is 3. The van der Waals surface area contributed by atoms with Gasteiger partial charge in [0.1, 0.15) is 5.82 Å². The molecule has 1 rings (SSSR count). The molecule has 1 aromatic rings. The third-order valence-corrected chi connectivity index (χ3v) is 2.02. The summed E-state index contributed by atoms with van der Waals surface area (Å²) >= 11 is 0. The van der Waals surface area contributed by atoms with Crippen LogP contribution in [0.1, 0.15) is 18.9 Å². The summed E-state index contributed by atoms with van der Waals surface area (Å²) in [5, 5.41) is 13.5. The first-order valence-corrected chi connectivity index (χ1v) is 5.61. The molecule has 18 heavy (non-hydrogen) atoms. The Bertz CT molecular complexity index is 478. The molecule has 0 aliphatic carbocycles. The lowest BCUT2D eigenvalue weighted by Gasteiger charge is -2.06. The number of nitrogens with one attached hydrogen (secondary N) is 2. The molecule has 2 amide bonds. The molecule has 0 saturated carbocycles. The lowest BCUT2D eigenvalue weighted by Crippen LogP contribution is -2.28. The van der Waals surface area contributed by atoms with E-state index in [1.54, 1.807) is 13.0 Å². The van der Waals surface area contributed by atoms with Crippen LogP contribution >= 0.6 is 0 Å². The molecule has 0 saturated heterocycles. The number of halogens is 1. The summed E-state index contributed by atoms with van der Waals surface area (Å²) in [6, 6.07) is 3.85. The Labute approximate surface area is 105 Å². The van der Waals surface area contributed by atoms with Crippen LogP contribution in [-0.4, -0.2) is 24.3 Å². The summed E-state index contributed by atoms with van der Waals surface area (Å²) in [6.45, 7) is 2.22. The second-order valence-electron chi connectivity index (χ2n) is 3.45. The van der Waals surface area contributed by atoms with Crippen LogP contribution in [-0.2, 0) is 0 Å². The number of aliphatic hydroxyl groups excluding tert-OH is 1. The lowest BCUT2D eigenvalue weighted by atomic mass is 10.2. The van der Waals surface area contributed by atoms with Gasteiger partial charge in [0.25, 0.3) is 0 Å². The van der Waals surface area contributed by atoms with Gasteiger partial charge in [0.15, 0.2) is 0 Å². The van der Waals surface area contributed by atoms with Gasteiger partial charge in [0.2, 0.25) is 0 Å². The van der Waals surface area contributed by atoms with Gasteiger partial charge in [-0.2, -0.15) is 0 Å². The Kier molecular flexibility index (Phi) is 5.68. The summed E-state index contributed by atoms with van der Waals surface area (Å²) in [5.74, 6) is 4.86. The minimum atomic E-state index is -0.544. The van der Waals surface area contributed by atoms with E-state index in [1.165, 1.54) is 12.1 Å². The van der Waals surface area contributed by atoms with Crippen molar-refractivity contribution in [3.05, 3.63) is 29.6 Å². The zero-order valence-corrected chi connectivity index (χ0v) is 10.1. The number of urea groups is 1. The van der Waals surface area contributed by atoms with Gasteiger partial charge < -0.3 is 15.7 Å². The average Bonchev–Trinajstić information content (AvgIpc) is 2.33. The van der Waals surface area contributed by atoms with Crippen LogP contribution in [0, 0.1) is 17.7 Å². The number of carbonyl (C=O) groups is 1. The van der Waals surface area contributed by atoms with Gasteiger partial charge in [-0.1, -0.05) is 11.8 Å². The molecule has 5 heteroatoms. The van der Waals surface area contributed by atoms with Crippen LogP contribution < -0.4 is 10.6 Å². The molecule has 0 spiro atoms. The summed E-state index contributed by atoms with van der Waals surface area (Å²) in [7, 11) is 0. The quantitative estimate of drug-likeness (QED) is 0.715. The molecule has 0 radical (unpaired) electrons. The molecule has 0 bridgehead atoms. The fraction of sp³-hybridized carbons (Fsp3) is 0.308. The Hall–Kier alpha value is -2.06. The largest absolute Gasteiger partial charge is 0.395 e. The van der Waals surface area contributed by atoms with Crippen molar-refractivity contribution in [3.8, 4) is 11.8 Å². The van der Waals surface area contributed by atoms with Crippen molar-refractivity contribution in [1.82, 2.24) is 5.32 Å². The van der Waals surface area contributed by atoms with Gasteiger partial charge in [-0.3, -0.25) is 0 Å². The summed E-state index contributed by atoms with van der Waals surface area (Å²) < 4.78 is 13.6. The monoisotopic (exact) mass is 250 g/mol. The van der Waals surface area contributed by atoms with Crippen molar-refractivity contribution in [2.45, 2.75) is 13.3 Å². The lowest BCUT2D eigenvalue weighted by molar-refractivity contribution is 0.252. The smallest absolute Gasteiger partial charge is 0.319 e. The van der Waals surface area contributed by atoms with E-state index in [0.717, 1.165) is 0 Å². The highest BCUT2D eigenvalue weighted by molar-refractivity contribution is 5.89. The third-order valence-electron chi connectivity index (χ3n) is 2.02. The molecule has 3 N–H and O–H groups in total. The van der Waals surface area contributed by atoms with Crippen molar-refractivity contribution >= 4 is 11.7 Å². The van der Waals surface area contributed by atoms with E-state index in [-0.39, 0.29) is 12.3 Å². The van der Waals surface area contributed by atoms with Crippen LogP contribution in [0.5, 0.6) is 0 Å². The van der Waals surface area contributed by atoms with Gasteiger partial charge in [0, 0.05) is 18.5 Å². The Morgan fingerprint density at radius 3 is 2.89 bits per heavy atom. The summed E-state index contributed by atoms with van der Waals surface area (Å²) in [6.07, 6.45) is 0.348. The maximum Gasteiger partial charge on any atom is 0.319 e. The average molecular weight is 250 g/mol. The fourth-order valence-corrected chi connectivity index (χ4v) is 1.24. The first kappa shape index (κ1) is 14.0. The van der Waals surface area contributed by atoms with Crippen LogP contribution in [0.3, 0.4) is 0 Å². The molecular formula is C13H15FN2O2. The maximum absolute atomic E-state index is 13.6. The van der Waals surface area contributed by atoms with Crippen molar-refractivity contribution in [2.24, 2.45) is 0 Å². The second-order valence-corrected chi connectivity index (χ2v) is 3.45. The molecule has 1 aromatic carbocycles. The van der Waals surface area contributed by atoms with Crippen molar-refractivity contribution in [3.63, 3.8) is 0 Å². The Morgan fingerprint density at radius 1 is 1.50 bits per heavy atom. The number of hydrogen-bond donors (Lipinski definition) is 3. The zero-order chi connectivity index (χ0) is 13.4. The number of carbonyl (C=O) groups excluding carboxylic acids is 1. The first-order valence-electron chi connectivity index (χ1n) is 5.61. The fourth-order valence-electron chi connectivity index (χ4n) is 1.24.